The fraction of sp³-hybridized carbons (Fsp3) is 0.259. The number of non-ortho nitro benzene ring substituents is 1. The first kappa shape index (κ1) is 26.3. The van der Waals surface area contributed by atoms with Crippen molar-refractivity contribution in [3.05, 3.63) is 82.4 Å². The molecule has 4 rings (SSSR count). The van der Waals surface area contributed by atoms with Gasteiger partial charge < -0.3 is 20.4 Å². The third kappa shape index (κ3) is 7.12. The van der Waals surface area contributed by atoms with Crippen LogP contribution in [-0.4, -0.2) is 70.9 Å². The molecule has 0 atom stereocenters. The maximum absolute atomic E-state index is 12.7. The summed E-state index contributed by atoms with van der Waals surface area (Å²) in [5.41, 5.74) is 1.47. The third-order valence-corrected chi connectivity index (χ3v) is 5.96. The third-order valence-electron chi connectivity index (χ3n) is 5.96. The molecule has 1 aliphatic heterocycles. The summed E-state index contributed by atoms with van der Waals surface area (Å²) in [6, 6.07) is 17.7. The molecule has 2 aromatic carbocycles. The number of carbonyl (C=O) groups excluding carboxylic acids is 2. The normalized spacial score (nSPS) is 13.4. The lowest BCUT2D eigenvalue weighted by Crippen LogP contribution is -2.48. The number of rotatable bonds is 9. The number of nitro groups is 1. The Hall–Kier alpha value is -4.80. The van der Waals surface area contributed by atoms with Gasteiger partial charge in [-0.1, -0.05) is 42.5 Å². The minimum absolute atomic E-state index is 0.0167. The van der Waals surface area contributed by atoms with Crippen molar-refractivity contribution in [1.82, 2.24) is 20.2 Å². The second kappa shape index (κ2) is 12.4. The summed E-state index contributed by atoms with van der Waals surface area (Å²) >= 11 is 0. The summed E-state index contributed by atoms with van der Waals surface area (Å²) in [7, 11) is 0. The number of benzene rings is 2. The maximum atomic E-state index is 12.7. The van der Waals surface area contributed by atoms with Crippen molar-refractivity contribution in [3.8, 4) is 11.4 Å². The lowest BCUT2D eigenvalue weighted by atomic mass is 10.2. The Balaban J connectivity index is 1.42. The van der Waals surface area contributed by atoms with Gasteiger partial charge in [0, 0.05) is 76.0 Å². The van der Waals surface area contributed by atoms with Gasteiger partial charge in [0.25, 0.3) is 5.69 Å². The number of nitrogens with zero attached hydrogens (tertiary/aromatic N) is 5. The molecule has 2 amide bonds. The molecule has 2 N–H and O–H groups in total. The van der Waals surface area contributed by atoms with E-state index in [1.807, 2.05) is 36.4 Å². The van der Waals surface area contributed by atoms with Crippen LogP contribution in [0.1, 0.15) is 12.5 Å². The highest BCUT2D eigenvalue weighted by atomic mass is 16.6. The van der Waals surface area contributed by atoms with Crippen LogP contribution >= 0.6 is 0 Å². The highest BCUT2D eigenvalue weighted by Crippen LogP contribution is 2.23. The summed E-state index contributed by atoms with van der Waals surface area (Å²) in [5.74, 6) is 1.75. The van der Waals surface area contributed by atoms with Crippen molar-refractivity contribution < 1.29 is 14.5 Å². The summed E-state index contributed by atoms with van der Waals surface area (Å²) < 4.78 is 0. The predicted octanol–water partition coefficient (Wildman–Crippen LogP) is 2.96. The fourth-order valence-electron chi connectivity index (χ4n) is 4.00. The van der Waals surface area contributed by atoms with Gasteiger partial charge in [-0.3, -0.25) is 19.7 Å². The van der Waals surface area contributed by atoms with E-state index >= 15 is 0 Å². The van der Waals surface area contributed by atoms with Crippen molar-refractivity contribution >= 4 is 35.2 Å². The zero-order valence-electron chi connectivity index (χ0n) is 21.0. The Morgan fingerprint density at radius 3 is 2.47 bits per heavy atom. The number of hydrogen-bond donors (Lipinski definition) is 2. The smallest absolute Gasteiger partial charge is 0.270 e. The molecule has 1 fully saturated rings. The van der Waals surface area contributed by atoms with Gasteiger partial charge in [0.2, 0.25) is 11.8 Å². The summed E-state index contributed by atoms with van der Waals surface area (Å²) in [6.07, 6.45) is 3.04. The first-order valence-corrected chi connectivity index (χ1v) is 12.3. The second-order valence-electron chi connectivity index (χ2n) is 8.71. The van der Waals surface area contributed by atoms with Crippen LogP contribution in [0.3, 0.4) is 0 Å². The van der Waals surface area contributed by atoms with Gasteiger partial charge in [-0.15, -0.1) is 0 Å². The Morgan fingerprint density at radius 2 is 1.76 bits per heavy atom. The topological polar surface area (TPSA) is 134 Å². The van der Waals surface area contributed by atoms with Crippen LogP contribution in [0.4, 0.5) is 17.3 Å². The van der Waals surface area contributed by atoms with Gasteiger partial charge in [0.1, 0.15) is 11.6 Å². The number of nitrogens with one attached hydrogen (secondary N) is 2. The zero-order valence-corrected chi connectivity index (χ0v) is 21.0. The maximum Gasteiger partial charge on any atom is 0.270 e. The molecular formula is C27H29N7O4. The molecule has 2 heterocycles. The van der Waals surface area contributed by atoms with Crippen LogP contribution in [0, 0.1) is 10.1 Å². The van der Waals surface area contributed by atoms with Crippen LogP contribution in [-0.2, 0) is 9.59 Å². The van der Waals surface area contributed by atoms with Gasteiger partial charge in [0.15, 0.2) is 5.82 Å². The highest BCUT2D eigenvalue weighted by molar-refractivity contribution is 5.92. The number of carbonyl (C=O) groups is 2. The molecule has 0 spiro atoms. The lowest BCUT2D eigenvalue weighted by molar-refractivity contribution is -0.384. The van der Waals surface area contributed by atoms with Crippen molar-refractivity contribution in [2.45, 2.75) is 6.92 Å². The average Bonchev–Trinajstić information content (AvgIpc) is 2.94. The highest BCUT2D eigenvalue weighted by Gasteiger charge is 2.22. The van der Waals surface area contributed by atoms with Crippen molar-refractivity contribution in [3.63, 3.8) is 0 Å². The van der Waals surface area contributed by atoms with Gasteiger partial charge in [-0.25, -0.2) is 9.97 Å². The van der Waals surface area contributed by atoms with E-state index in [1.54, 1.807) is 23.1 Å². The fourth-order valence-corrected chi connectivity index (χ4v) is 4.00. The molecule has 0 aliphatic carbocycles. The van der Waals surface area contributed by atoms with Crippen molar-refractivity contribution in [2.24, 2.45) is 0 Å². The van der Waals surface area contributed by atoms with E-state index in [0.717, 1.165) is 11.4 Å². The van der Waals surface area contributed by atoms with E-state index in [-0.39, 0.29) is 17.5 Å². The summed E-state index contributed by atoms with van der Waals surface area (Å²) in [5, 5.41) is 17.0. The first-order chi connectivity index (χ1) is 18.4. The number of anilines is 2. The van der Waals surface area contributed by atoms with Gasteiger partial charge in [-0.05, 0) is 11.6 Å². The second-order valence-corrected chi connectivity index (χ2v) is 8.71. The molecule has 11 heteroatoms. The predicted molar refractivity (Wildman–Crippen MR) is 146 cm³/mol. The van der Waals surface area contributed by atoms with Crippen LogP contribution in [0.15, 0.2) is 66.7 Å². The minimum Gasteiger partial charge on any atom is -0.368 e. The van der Waals surface area contributed by atoms with Crippen molar-refractivity contribution in [2.75, 3.05) is 49.5 Å². The SMILES string of the molecule is CC(=O)NCCNc1cc(N2CCN(C(=O)C=Cc3cccc([N+](=O)[O-])c3)CC2)nc(-c2ccccc2)n1. The molecule has 11 nitrogen and oxygen atoms in total. The Morgan fingerprint density at radius 1 is 1.00 bits per heavy atom. The average molecular weight is 516 g/mol. The molecule has 3 aromatic rings. The number of aromatic nitrogens is 2. The molecule has 0 radical (unpaired) electrons. The van der Waals surface area contributed by atoms with Crippen LogP contribution in [0.25, 0.3) is 17.5 Å². The Bertz CT molecular complexity index is 1320. The van der Waals surface area contributed by atoms with E-state index in [1.165, 1.54) is 25.1 Å². The van der Waals surface area contributed by atoms with Crippen LogP contribution < -0.4 is 15.5 Å². The van der Waals surface area contributed by atoms with Gasteiger partial charge in [0.05, 0.1) is 4.92 Å². The molecule has 196 valence electrons. The largest absolute Gasteiger partial charge is 0.368 e. The zero-order chi connectivity index (χ0) is 26.9. The van der Waals surface area contributed by atoms with E-state index in [2.05, 4.69) is 20.5 Å². The Labute approximate surface area is 220 Å². The van der Waals surface area contributed by atoms with E-state index in [0.29, 0.717) is 56.5 Å². The Kier molecular flexibility index (Phi) is 8.60. The number of amides is 2. The molecule has 1 saturated heterocycles. The van der Waals surface area contributed by atoms with Gasteiger partial charge in [-0.2, -0.15) is 0 Å². The first-order valence-electron chi connectivity index (χ1n) is 12.3. The van der Waals surface area contributed by atoms with Gasteiger partial charge >= 0.3 is 0 Å². The monoisotopic (exact) mass is 515 g/mol. The quantitative estimate of drug-likeness (QED) is 0.192. The van der Waals surface area contributed by atoms with Crippen LogP contribution in [0.5, 0.6) is 0 Å². The van der Waals surface area contributed by atoms with E-state index in [4.69, 9.17) is 4.98 Å². The van der Waals surface area contributed by atoms with Crippen molar-refractivity contribution in [1.29, 1.82) is 0 Å². The van der Waals surface area contributed by atoms with E-state index in [9.17, 15) is 19.7 Å². The standard InChI is InChI=1S/C27H29N7O4/c1-20(35)28-12-13-29-24-19-25(31-27(30-24)22-7-3-2-4-8-22)32-14-16-33(17-15-32)26(36)11-10-21-6-5-9-23(18-21)34(37)38/h2-11,18-19H,12-17H2,1H3,(H,28,35)(H,29,30,31). The molecule has 0 saturated carbocycles. The minimum atomic E-state index is -0.460. The molecule has 1 aliphatic rings. The molecule has 0 bridgehead atoms. The summed E-state index contributed by atoms with van der Waals surface area (Å²) in [6.45, 7) is 4.66. The van der Waals surface area contributed by atoms with Crippen LogP contribution in [0.2, 0.25) is 0 Å². The molecule has 0 unspecified atom stereocenters. The molecule has 1 aromatic heterocycles. The molecular weight excluding hydrogens is 486 g/mol. The lowest BCUT2D eigenvalue weighted by Gasteiger charge is -2.35. The number of nitro benzene ring substituents is 1. The number of piperazine rings is 1. The summed E-state index contributed by atoms with van der Waals surface area (Å²) in [4.78, 5) is 47.7. The van der Waals surface area contributed by atoms with E-state index < -0.39 is 4.92 Å². The number of hydrogen-bond acceptors (Lipinski definition) is 8. The molecule has 38 heavy (non-hydrogen) atoms.